The fourth-order valence-electron chi connectivity index (χ4n) is 1.68. The first-order valence-electron chi connectivity index (χ1n) is 4.89. The Morgan fingerprint density at radius 3 is 2.76 bits per heavy atom. The summed E-state index contributed by atoms with van der Waals surface area (Å²) in [7, 11) is 1.45. The molecule has 0 bridgehead atoms. The van der Waals surface area contributed by atoms with E-state index in [1.54, 1.807) is 0 Å². The molecular formula is C10H10ClNO4S. The van der Waals surface area contributed by atoms with Crippen molar-refractivity contribution in [3.63, 3.8) is 0 Å². The fourth-order valence-corrected chi connectivity index (χ4v) is 2.45. The normalized spacial score (nSPS) is 15.1. The van der Waals surface area contributed by atoms with E-state index in [4.69, 9.17) is 15.4 Å². The predicted molar refractivity (Wildman–Crippen MR) is 63.0 cm³/mol. The monoisotopic (exact) mass is 275 g/mol. The van der Waals surface area contributed by atoms with Crippen LogP contribution in [0.1, 0.15) is 6.92 Å². The second kappa shape index (κ2) is 4.19. The lowest BCUT2D eigenvalue weighted by molar-refractivity contribution is -0.116. The zero-order chi connectivity index (χ0) is 12.6. The van der Waals surface area contributed by atoms with Gasteiger partial charge in [-0.15, -0.1) is 0 Å². The maximum absolute atomic E-state index is 11.4. The molecule has 7 heteroatoms. The van der Waals surface area contributed by atoms with Crippen LogP contribution in [0.2, 0.25) is 0 Å². The van der Waals surface area contributed by atoms with E-state index in [2.05, 4.69) is 0 Å². The Labute approximate surface area is 103 Å². The van der Waals surface area contributed by atoms with Gasteiger partial charge in [-0.3, -0.25) is 4.79 Å². The van der Waals surface area contributed by atoms with Crippen molar-refractivity contribution < 1.29 is 17.9 Å². The zero-order valence-corrected chi connectivity index (χ0v) is 10.6. The van der Waals surface area contributed by atoms with E-state index < -0.39 is 9.05 Å². The molecule has 1 aliphatic rings. The van der Waals surface area contributed by atoms with Crippen LogP contribution in [0, 0.1) is 0 Å². The number of anilines is 1. The van der Waals surface area contributed by atoms with Gasteiger partial charge in [-0.05, 0) is 12.1 Å². The predicted octanol–water partition coefficient (Wildman–Crippen LogP) is 1.36. The molecule has 0 atom stereocenters. The molecule has 92 valence electrons. The number of amides is 1. The molecule has 1 aromatic rings. The average Bonchev–Trinajstić information content (AvgIpc) is 2.26. The van der Waals surface area contributed by atoms with Crippen LogP contribution in [-0.2, 0) is 13.8 Å². The number of hydrogen-bond acceptors (Lipinski definition) is 4. The molecular weight excluding hydrogens is 266 g/mol. The molecule has 17 heavy (non-hydrogen) atoms. The third-order valence-corrected chi connectivity index (χ3v) is 3.81. The number of benzene rings is 1. The van der Waals surface area contributed by atoms with Gasteiger partial charge in [0.05, 0.1) is 17.1 Å². The quantitative estimate of drug-likeness (QED) is 0.726. The summed E-state index contributed by atoms with van der Waals surface area (Å²) < 4.78 is 27.6. The number of nitrogens with zero attached hydrogens (tertiary/aromatic N) is 1. The molecule has 1 amide bonds. The van der Waals surface area contributed by atoms with Crippen LogP contribution in [0.25, 0.3) is 0 Å². The van der Waals surface area contributed by atoms with Crippen LogP contribution in [-0.4, -0.2) is 27.5 Å². The lowest BCUT2D eigenvalue weighted by atomic mass is 10.2. The van der Waals surface area contributed by atoms with E-state index in [1.165, 1.54) is 30.0 Å². The molecule has 0 N–H and O–H groups in total. The van der Waals surface area contributed by atoms with Crippen molar-refractivity contribution >= 4 is 31.3 Å². The van der Waals surface area contributed by atoms with Crippen LogP contribution in [0.4, 0.5) is 5.69 Å². The minimum atomic E-state index is -3.79. The number of carbonyl (C=O) groups is 1. The number of halogens is 1. The van der Waals surface area contributed by atoms with Gasteiger partial charge in [-0.2, -0.15) is 0 Å². The van der Waals surface area contributed by atoms with Gasteiger partial charge in [0.1, 0.15) is 12.4 Å². The summed E-state index contributed by atoms with van der Waals surface area (Å²) in [5, 5.41) is 0. The smallest absolute Gasteiger partial charge is 0.261 e. The van der Waals surface area contributed by atoms with Gasteiger partial charge in [-0.25, -0.2) is 8.42 Å². The minimum Gasteiger partial charge on any atom is -0.489 e. The Hall–Kier alpha value is -1.27. The van der Waals surface area contributed by atoms with Gasteiger partial charge in [0.15, 0.2) is 0 Å². The summed E-state index contributed by atoms with van der Waals surface area (Å²) in [6.07, 6.45) is 0. The summed E-state index contributed by atoms with van der Waals surface area (Å²) in [6, 6.07) is 4.20. The van der Waals surface area contributed by atoms with Gasteiger partial charge in [0.2, 0.25) is 5.91 Å². The van der Waals surface area contributed by atoms with Crippen molar-refractivity contribution in [1.29, 1.82) is 0 Å². The molecule has 0 unspecified atom stereocenters. The molecule has 5 nitrogen and oxygen atoms in total. The van der Waals surface area contributed by atoms with Crippen molar-refractivity contribution in [2.45, 2.75) is 11.8 Å². The van der Waals surface area contributed by atoms with Gasteiger partial charge in [0.25, 0.3) is 9.05 Å². The second-order valence-corrected chi connectivity index (χ2v) is 6.15. The van der Waals surface area contributed by atoms with E-state index in [1.807, 2.05) is 0 Å². The molecule has 0 spiro atoms. The van der Waals surface area contributed by atoms with Crippen molar-refractivity contribution in [1.82, 2.24) is 0 Å². The lowest BCUT2D eigenvalue weighted by Gasteiger charge is -2.28. The average molecular weight is 276 g/mol. The van der Waals surface area contributed by atoms with Crippen LogP contribution < -0.4 is 9.64 Å². The number of hydrogen-bond donors (Lipinski definition) is 0. The molecule has 1 aliphatic heterocycles. The highest BCUT2D eigenvalue weighted by Crippen LogP contribution is 2.34. The molecule has 2 rings (SSSR count). The summed E-state index contributed by atoms with van der Waals surface area (Å²) in [5.41, 5.74) is 0.563. The first kappa shape index (κ1) is 12.2. The van der Waals surface area contributed by atoms with Gasteiger partial charge in [0, 0.05) is 23.7 Å². The van der Waals surface area contributed by atoms with E-state index in [0.29, 0.717) is 24.6 Å². The number of fused-ring (bicyclic) bond motifs is 1. The van der Waals surface area contributed by atoms with E-state index in [-0.39, 0.29) is 10.8 Å². The summed E-state index contributed by atoms with van der Waals surface area (Å²) in [4.78, 5) is 12.9. The van der Waals surface area contributed by atoms with Crippen molar-refractivity contribution in [2.75, 3.05) is 18.1 Å². The standard InChI is InChI=1S/C10H10ClNO4S/c1-7(13)12-4-5-16-10-6-8(17(11,14)15)2-3-9(10)12/h2-3,6H,4-5H2,1H3. The fraction of sp³-hybridized carbons (Fsp3) is 0.300. The van der Waals surface area contributed by atoms with Crippen molar-refractivity contribution in [3.05, 3.63) is 18.2 Å². The zero-order valence-electron chi connectivity index (χ0n) is 9.01. The number of ether oxygens (including phenoxy) is 1. The van der Waals surface area contributed by atoms with Crippen LogP contribution in [0.5, 0.6) is 5.75 Å². The number of rotatable bonds is 1. The van der Waals surface area contributed by atoms with E-state index in [9.17, 15) is 13.2 Å². The Balaban J connectivity index is 2.51. The first-order chi connectivity index (χ1) is 7.89. The largest absolute Gasteiger partial charge is 0.489 e. The lowest BCUT2D eigenvalue weighted by Crippen LogP contribution is -2.36. The highest BCUT2D eigenvalue weighted by molar-refractivity contribution is 8.13. The third kappa shape index (κ3) is 2.37. The summed E-state index contributed by atoms with van der Waals surface area (Å²) >= 11 is 0. The van der Waals surface area contributed by atoms with Gasteiger partial charge >= 0.3 is 0 Å². The Morgan fingerprint density at radius 2 is 2.18 bits per heavy atom. The van der Waals surface area contributed by atoms with E-state index in [0.717, 1.165) is 0 Å². The highest BCUT2D eigenvalue weighted by Gasteiger charge is 2.23. The second-order valence-electron chi connectivity index (χ2n) is 3.59. The van der Waals surface area contributed by atoms with E-state index >= 15 is 0 Å². The number of carbonyl (C=O) groups excluding carboxylic acids is 1. The summed E-state index contributed by atoms with van der Waals surface area (Å²) in [6.45, 7) is 2.23. The molecule has 0 aromatic heterocycles. The highest BCUT2D eigenvalue weighted by atomic mass is 35.7. The van der Waals surface area contributed by atoms with Gasteiger partial charge in [-0.1, -0.05) is 0 Å². The minimum absolute atomic E-state index is 0.0386. The molecule has 0 fully saturated rings. The molecule has 0 saturated carbocycles. The van der Waals surface area contributed by atoms with Crippen molar-refractivity contribution in [3.8, 4) is 5.75 Å². The Bertz CT molecular complexity index is 570. The third-order valence-electron chi connectivity index (χ3n) is 2.46. The maximum Gasteiger partial charge on any atom is 0.261 e. The van der Waals surface area contributed by atoms with Crippen LogP contribution >= 0.6 is 10.7 Å². The molecule has 1 aromatic carbocycles. The van der Waals surface area contributed by atoms with Crippen LogP contribution in [0.15, 0.2) is 23.1 Å². The molecule has 0 aliphatic carbocycles. The molecule has 1 heterocycles. The topological polar surface area (TPSA) is 63.7 Å². The Kier molecular flexibility index (Phi) is 3.01. The SMILES string of the molecule is CC(=O)N1CCOc2cc(S(=O)(=O)Cl)ccc21. The molecule has 0 radical (unpaired) electrons. The summed E-state index contributed by atoms with van der Waals surface area (Å²) in [5.74, 6) is 0.240. The first-order valence-corrected chi connectivity index (χ1v) is 7.20. The van der Waals surface area contributed by atoms with Crippen molar-refractivity contribution in [2.24, 2.45) is 0 Å². The Morgan fingerprint density at radius 1 is 1.47 bits per heavy atom. The van der Waals surface area contributed by atoms with Crippen LogP contribution in [0.3, 0.4) is 0 Å². The molecule has 0 saturated heterocycles. The van der Waals surface area contributed by atoms with Gasteiger partial charge < -0.3 is 9.64 Å². The maximum atomic E-state index is 11.4.